The van der Waals surface area contributed by atoms with Gasteiger partial charge in [-0.25, -0.2) is 4.79 Å². The molecule has 4 N–H and O–H groups in total. The molecular weight excluding hydrogens is 316 g/mol. The molecule has 2 rings (SSSR count). The summed E-state index contributed by atoms with van der Waals surface area (Å²) in [5.74, 6) is -1.15. The normalized spacial score (nSPS) is 11.3. The molecule has 0 saturated carbocycles. The molecule has 2 aromatic rings. The number of aromatic nitrogens is 2. The second kappa shape index (κ2) is 6.77. The number of aryl methyl sites for hydroxylation is 1. The number of carbonyl (C=O) groups excluding carboxylic acids is 1. The van der Waals surface area contributed by atoms with Crippen LogP contribution in [0.3, 0.4) is 0 Å². The predicted molar refractivity (Wildman–Crippen MR) is 86.3 cm³/mol. The highest BCUT2D eigenvalue weighted by molar-refractivity contribution is 6.00. The van der Waals surface area contributed by atoms with Crippen molar-refractivity contribution in [1.29, 1.82) is 0 Å². The molecule has 0 bridgehead atoms. The van der Waals surface area contributed by atoms with Crippen LogP contribution < -0.4 is 11.5 Å². The summed E-state index contributed by atoms with van der Waals surface area (Å²) in [4.78, 5) is 26.9. The van der Waals surface area contributed by atoms with Crippen molar-refractivity contribution in [3.05, 3.63) is 51.3 Å². The van der Waals surface area contributed by atoms with E-state index in [4.69, 9.17) is 16.3 Å². The van der Waals surface area contributed by atoms with Crippen LogP contribution in [-0.4, -0.2) is 26.5 Å². The van der Waals surface area contributed by atoms with Gasteiger partial charge in [-0.1, -0.05) is 17.3 Å². The third-order valence-corrected chi connectivity index (χ3v) is 3.33. The van der Waals surface area contributed by atoms with E-state index in [0.717, 1.165) is 6.20 Å². The van der Waals surface area contributed by atoms with Gasteiger partial charge >= 0.3 is 11.7 Å². The maximum atomic E-state index is 12.0. The number of nitro groups is 1. The van der Waals surface area contributed by atoms with Gasteiger partial charge in [0.2, 0.25) is 5.69 Å². The Morgan fingerprint density at radius 2 is 2.21 bits per heavy atom. The SMILES string of the molecule is CCn1cc([N+](=O)[O-])c(C(=O)O/N=C(\N)c2cccc(N)c2C)n1. The van der Waals surface area contributed by atoms with Crippen LogP contribution in [0.2, 0.25) is 0 Å². The minimum atomic E-state index is -1.07. The van der Waals surface area contributed by atoms with Gasteiger partial charge in [0.25, 0.3) is 0 Å². The van der Waals surface area contributed by atoms with E-state index < -0.39 is 22.3 Å². The Hall–Kier alpha value is -3.43. The van der Waals surface area contributed by atoms with Crippen LogP contribution in [0, 0.1) is 17.0 Å². The molecule has 0 aliphatic rings. The quantitative estimate of drug-likeness (QED) is 0.208. The number of hydrogen-bond donors (Lipinski definition) is 2. The molecule has 24 heavy (non-hydrogen) atoms. The Labute approximate surface area is 136 Å². The van der Waals surface area contributed by atoms with E-state index >= 15 is 0 Å². The van der Waals surface area contributed by atoms with Crippen molar-refractivity contribution in [3.63, 3.8) is 0 Å². The van der Waals surface area contributed by atoms with Gasteiger partial charge < -0.3 is 16.3 Å². The highest BCUT2D eigenvalue weighted by Gasteiger charge is 2.27. The van der Waals surface area contributed by atoms with Crippen LogP contribution in [0.15, 0.2) is 29.6 Å². The fraction of sp³-hybridized carbons (Fsp3) is 0.214. The molecule has 0 aliphatic carbocycles. The lowest BCUT2D eigenvalue weighted by Gasteiger charge is -2.06. The molecule has 0 fully saturated rings. The second-order valence-electron chi connectivity index (χ2n) is 4.85. The second-order valence-corrected chi connectivity index (χ2v) is 4.85. The zero-order valence-electron chi connectivity index (χ0n) is 13.1. The summed E-state index contributed by atoms with van der Waals surface area (Å²) in [5, 5.41) is 18.3. The van der Waals surface area contributed by atoms with Crippen LogP contribution in [0.25, 0.3) is 0 Å². The summed E-state index contributed by atoms with van der Waals surface area (Å²) in [6, 6.07) is 5.03. The lowest BCUT2D eigenvalue weighted by atomic mass is 10.1. The summed E-state index contributed by atoms with van der Waals surface area (Å²) in [6.45, 7) is 3.83. The summed E-state index contributed by atoms with van der Waals surface area (Å²) in [6.07, 6.45) is 1.14. The first-order valence-electron chi connectivity index (χ1n) is 6.97. The molecule has 0 aliphatic heterocycles. The lowest BCUT2D eigenvalue weighted by molar-refractivity contribution is -0.385. The van der Waals surface area contributed by atoms with Crippen LogP contribution in [0.4, 0.5) is 11.4 Å². The molecule has 1 heterocycles. The predicted octanol–water partition coefficient (Wildman–Crippen LogP) is 1.18. The summed E-state index contributed by atoms with van der Waals surface area (Å²) < 4.78 is 1.25. The zero-order chi connectivity index (χ0) is 17.9. The fourth-order valence-electron chi connectivity index (χ4n) is 1.97. The van der Waals surface area contributed by atoms with Crippen LogP contribution in [0.1, 0.15) is 28.5 Å². The summed E-state index contributed by atoms with van der Waals surface area (Å²) in [7, 11) is 0. The lowest BCUT2D eigenvalue weighted by Crippen LogP contribution is -2.17. The van der Waals surface area contributed by atoms with Crippen molar-refractivity contribution < 1.29 is 14.6 Å². The molecule has 0 atom stereocenters. The number of hydrogen-bond acceptors (Lipinski definition) is 7. The Bertz CT molecular complexity index is 827. The molecule has 126 valence electrons. The fourth-order valence-corrected chi connectivity index (χ4v) is 1.97. The van der Waals surface area contributed by atoms with Gasteiger partial charge in [-0.15, -0.1) is 0 Å². The highest BCUT2D eigenvalue weighted by Crippen LogP contribution is 2.18. The van der Waals surface area contributed by atoms with Gasteiger partial charge in [-0.2, -0.15) is 5.10 Å². The van der Waals surface area contributed by atoms with Crippen molar-refractivity contribution in [1.82, 2.24) is 9.78 Å². The van der Waals surface area contributed by atoms with E-state index in [0.29, 0.717) is 23.4 Å². The first-order valence-corrected chi connectivity index (χ1v) is 6.97. The highest BCUT2D eigenvalue weighted by atomic mass is 16.7. The number of nitrogens with two attached hydrogens (primary N) is 2. The van der Waals surface area contributed by atoms with Crippen molar-refractivity contribution in [2.24, 2.45) is 10.9 Å². The third-order valence-electron chi connectivity index (χ3n) is 3.33. The molecule has 0 unspecified atom stereocenters. The van der Waals surface area contributed by atoms with Crippen molar-refractivity contribution in [2.75, 3.05) is 5.73 Å². The number of anilines is 1. The molecule has 10 nitrogen and oxygen atoms in total. The molecule has 0 saturated heterocycles. The van der Waals surface area contributed by atoms with E-state index in [-0.39, 0.29) is 5.84 Å². The van der Waals surface area contributed by atoms with Gasteiger partial charge in [0.05, 0.1) is 4.92 Å². The number of nitrogens with zero attached hydrogens (tertiary/aromatic N) is 4. The Morgan fingerprint density at radius 3 is 2.83 bits per heavy atom. The van der Waals surface area contributed by atoms with Gasteiger partial charge in [0.1, 0.15) is 6.20 Å². The minimum Gasteiger partial charge on any atom is -0.398 e. The number of oxime groups is 1. The molecular formula is C14H16N6O4. The van der Waals surface area contributed by atoms with Gasteiger partial charge in [0, 0.05) is 17.8 Å². The number of rotatable bonds is 5. The van der Waals surface area contributed by atoms with E-state index in [2.05, 4.69) is 10.3 Å². The van der Waals surface area contributed by atoms with Gasteiger partial charge in [0.15, 0.2) is 5.84 Å². The maximum Gasteiger partial charge on any atom is 0.393 e. The van der Waals surface area contributed by atoms with E-state index in [1.165, 1.54) is 4.68 Å². The van der Waals surface area contributed by atoms with Crippen molar-refractivity contribution in [3.8, 4) is 0 Å². The third kappa shape index (κ3) is 3.32. The maximum absolute atomic E-state index is 12.0. The average Bonchev–Trinajstić information content (AvgIpc) is 2.99. The van der Waals surface area contributed by atoms with Crippen LogP contribution in [0.5, 0.6) is 0 Å². The largest absolute Gasteiger partial charge is 0.398 e. The Kier molecular flexibility index (Phi) is 4.78. The van der Waals surface area contributed by atoms with Crippen molar-refractivity contribution in [2.45, 2.75) is 20.4 Å². The smallest absolute Gasteiger partial charge is 0.393 e. The average molecular weight is 332 g/mol. The number of benzene rings is 1. The van der Waals surface area contributed by atoms with Gasteiger partial charge in [-0.3, -0.25) is 14.8 Å². The summed E-state index contributed by atoms with van der Waals surface area (Å²) >= 11 is 0. The molecule has 10 heteroatoms. The Balaban J connectivity index is 2.25. The van der Waals surface area contributed by atoms with E-state index in [1.807, 2.05) is 0 Å². The standard InChI is InChI=1S/C14H16N6O4/c1-3-19-7-11(20(22)23)12(17-19)14(21)24-18-13(16)9-5-4-6-10(15)8(9)2/h4-7H,3,15H2,1-2H3,(H2,16,18). The zero-order valence-corrected chi connectivity index (χ0v) is 13.1. The Morgan fingerprint density at radius 1 is 1.50 bits per heavy atom. The number of nitrogen functional groups attached to an aromatic ring is 1. The first kappa shape index (κ1) is 16.9. The van der Waals surface area contributed by atoms with E-state index in [9.17, 15) is 14.9 Å². The molecule has 0 spiro atoms. The molecule has 1 aromatic carbocycles. The van der Waals surface area contributed by atoms with Crippen LogP contribution in [-0.2, 0) is 11.4 Å². The summed E-state index contributed by atoms with van der Waals surface area (Å²) in [5.41, 5.74) is 12.3. The van der Waals surface area contributed by atoms with Crippen LogP contribution >= 0.6 is 0 Å². The number of carbonyl (C=O) groups is 1. The number of amidine groups is 1. The van der Waals surface area contributed by atoms with E-state index in [1.54, 1.807) is 32.0 Å². The van der Waals surface area contributed by atoms with Crippen molar-refractivity contribution >= 4 is 23.2 Å². The molecule has 0 radical (unpaired) electrons. The molecule has 0 amide bonds. The topological polar surface area (TPSA) is 152 Å². The molecule has 1 aromatic heterocycles. The first-order chi connectivity index (χ1) is 11.3. The minimum absolute atomic E-state index is 0.0780. The monoisotopic (exact) mass is 332 g/mol. The van der Waals surface area contributed by atoms with Gasteiger partial charge in [-0.05, 0) is 25.5 Å².